The van der Waals surface area contributed by atoms with Crippen LogP contribution in [0.25, 0.3) is 0 Å². The molecule has 0 N–H and O–H groups in total. The molecule has 1 aliphatic carbocycles. The number of allylic oxidation sites excluding steroid dienone is 2. The van der Waals surface area contributed by atoms with Crippen LogP contribution in [0, 0.1) is 12.8 Å². The first-order valence-corrected chi connectivity index (χ1v) is 12.2. The van der Waals surface area contributed by atoms with Gasteiger partial charge in [0.15, 0.2) is 6.10 Å². The second-order valence-corrected chi connectivity index (χ2v) is 9.66. The summed E-state index contributed by atoms with van der Waals surface area (Å²) in [5, 5.41) is 0. The minimum atomic E-state index is -0.503. The number of hydrogen-bond donors (Lipinski definition) is 0. The zero-order valence-corrected chi connectivity index (χ0v) is 20.1. The second kappa shape index (κ2) is 9.92. The maximum atomic E-state index is 13.3. The SMILES string of the molecule is COc1ccc(N2C(=O)[C@@H](OCc3ccccc3)[C@H]2C2C=CC=C2Sc2ccc(C)cc2)cc1. The monoisotopic (exact) mass is 469 g/mol. The fourth-order valence-electron chi connectivity index (χ4n) is 4.41. The normalized spacial score (nSPS) is 21.4. The molecule has 1 saturated heterocycles. The number of thioether (sulfide) groups is 1. The quantitative estimate of drug-likeness (QED) is 0.370. The predicted molar refractivity (Wildman–Crippen MR) is 137 cm³/mol. The first-order valence-electron chi connectivity index (χ1n) is 11.4. The summed E-state index contributed by atoms with van der Waals surface area (Å²) in [5.74, 6) is 0.819. The van der Waals surface area contributed by atoms with E-state index in [2.05, 4.69) is 49.4 Å². The van der Waals surface area contributed by atoms with Gasteiger partial charge in [-0.1, -0.05) is 78.0 Å². The van der Waals surface area contributed by atoms with Crippen LogP contribution < -0.4 is 9.64 Å². The minimum Gasteiger partial charge on any atom is -0.497 e. The number of aryl methyl sites for hydroxylation is 1. The molecule has 0 radical (unpaired) electrons. The predicted octanol–water partition coefficient (Wildman–Crippen LogP) is 6.17. The summed E-state index contributed by atoms with van der Waals surface area (Å²) in [4.78, 5) is 17.6. The largest absolute Gasteiger partial charge is 0.497 e. The number of amides is 1. The molecule has 5 rings (SSSR count). The highest BCUT2D eigenvalue weighted by molar-refractivity contribution is 8.03. The Morgan fingerprint density at radius 1 is 0.941 bits per heavy atom. The number of hydrogen-bond acceptors (Lipinski definition) is 4. The van der Waals surface area contributed by atoms with E-state index in [1.807, 2.05) is 59.5 Å². The van der Waals surface area contributed by atoms with Gasteiger partial charge in [-0.2, -0.15) is 0 Å². The fourth-order valence-corrected chi connectivity index (χ4v) is 5.45. The Morgan fingerprint density at radius 3 is 2.38 bits per heavy atom. The molecule has 34 heavy (non-hydrogen) atoms. The third kappa shape index (κ3) is 4.54. The molecule has 0 aromatic heterocycles. The van der Waals surface area contributed by atoms with E-state index in [1.165, 1.54) is 15.4 Å². The molecule has 0 bridgehead atoms. The Morgan fingerprint density at radius 2 is 1.68 bits per heavy atom. The van der Waals surface area contributed by atoms with Crippen molar-refractivity contribution in [1.82, 2.24) is 0 Å². The first kappa shape index (κ1) is 22.5. The Bertz CT molecular complexity index is 1200. The summed E-state index contributed by atoms with van der Waals surface area (Å²) in [6, 6.07) is 26.1. The number of carbonyl (C=O) groups is 1. The summed E-state index contributed by atoms with van der Waals surface area (Å²) >= 11 is 1.75. The zero-order chi connectivity index (χ0) is 23.5. The summed E-state index contributed by atoms with van der Waals surface area (Å²) in [6.45, 7) is 2.50. The Labute approximate surface area is 204 Å². The van der Waals surface area contributed by atoms with Crippen molar-refractivity contribution in [3.8, 4) is 5.75 Å². The zero-order valence-electron chi connectivity index (χ0n) is 19.3. The molecule has 0 spiro atoms. The number of benzene rings is 3. The van der Waals surface area contributed by atoms with Crippen LogP contribution in [0.3, 0.4) is 0 Å². The van der Waals surface area contributed by atoms with Crippen LogP contribution in [0.2, 0.25) is 0 Å². The maximum Gasteiger partial charge on any atom is 0.258 e. The van der Waals surface area contributed by atoms with E-state index in [9.17, 15) is 4.79 Å². The van der Waals surface area contributed by atoms with Gasteiger partial charge in [-0.25, -0.2) is 0 Å². The number of carbonyl (C=O) groups excluding carboxylic acids is 1. The Balaban J connectivity index is 1.40. The van der Waals surface area contributed by atoms with Crippen molar-refractivity contribution in [1.29, 1.82) is 0 Å². The minimum absolute atomic E-state index is 0.00826. The number of nitrogens with zero attached hydrogens (tertiary/aromatic N) is 1. The molecule has 1 fully saturated rings. The second-order valence-electron chi connectivity index (χ2n) is 8.51. The molecular formula is C29H27NO3S. The molecule has 1 heterocycles. The van der Waals surface area contributed by atoms with Crippen molar-refractivity contribution in [3.63, 3.8) is 0 Å². The molecule has 3 atom stereocenters. The van der Waals surface area contributed by atoms with E-state index in [0.29, 0.717) is 6.61 Å². The molecule has 1 unspecified atom stereocenters. The van der Waals surface area contributed by atoms with E-state index in [-0.39, 0.29) is 17.9 Å². The average molecular weight is 470 g/mol. The van der Waals surface area contributed by atoms with Gasteiger partial charge in [0, 0.05) is 16.5 Å². The summed E-state index contributed by atoms with van der Waals surface area (Å²) in [7, 11) is 1.64. The fraction of sp³-hybridized carbons (Fsp3) is 0.207. The molecule has 4 nitrogen and oxygen atoms in total. The van der Waals surface area contributed by atoms with Gasteiger partial charge in [-0.05, 0) is 53.8 Å². The van der Waals surface area contributed by atoms with Gasteiger partial charge in [0.2, 0.25) is 0 Å². The molecule has 0 saturated carbocycles. The number of methoxy groups -OCH3 is 1. The number of rotatable bonds is 8. The Kier molecular flexibility index (Phi) is 6.57. The number of ether oxygens (including phenoxy) is 2. The van der Waals surface area contributed by atoms with Crippen LogP contribution in [0.15, 0.2) is 107 Å². The van der Waals surface area contributed by atoms with Crippen molar-refractivity contribution < 1.29 is 14.3 Å². The van der Waals surface area contributed by atoms with Crippen LogP contribution in [0.5, 0.6) is 5.75 Å². The van der Waals surface area contributed by atoms with Gasteiger partial charge in [0.25, 0.3) is 5.91 Å². The van der Waals surface area contributed by atoms with Gasteiger partial charge in [0.05, 0.1) is 19.8 Å². The standard InChI is InChI=1S/C29H27NO3S/c1-20-11-17-24(18-12-20)34-26-10-6-9-25(26)27-28(33-19-21-7-4-3-5-8-21)29(31)30(27)22-13-15-23(32-2)16-14-22/h3-18,25,27-28H,19H2,1-2H3/t25?,27-,28+/m1/s1. The van der Waals surface area contributed by atoms with E-state index in [1.54, 1.807) is 18.9 Å². The third-order valence-corrected chi connectivity index (χ3v) is 7.40. The lowest BCUT2D eigenvalue weighted by atomic mass is 9.85. The van der Waals surface area contributed by atoms with Crippen LogP contribution in [-0.4, -0.2) is 25.2 Å². The van der Waals surface area contributed by atoms with Gasteiger partial charge in [-0.3, -0.25) is 4.79 Å². The van der Waals surface area contributed by atoms with Crippen molar-refractivity contribution in [2.45, 2.75) is 30.6 Å². The highest BCUT2D eigenvalue weighted by Gasteiger charge is 2.53. The van der Waals surface area contributed by atoms with Crippen molar-refractivity contribution in [3.05, 3.63) is 113 Å². The molecule has 1 amide bonds. The number of β-lactam (4-membered cyclic amide) rings is 1. The summed E-state index contributed by atoms with van der Waals surface area (Å²) in [6.07, 6.45) is 5.92. The lowest BCUT2D eigenvalue weighted by Gasteiger charge is -2.49. The van der Waals surface area contributed by atoms with Gasteiger partial charge in [0.1, 0.15) is 5.75 Å². The van der Waals surface area contributed by atoms with Crippen LogP contribution in [-0.2, 0) is 16.1 Å². The average Bonchev–Trinajstić information content (AvgIpc) is 3.32. The highest BCUT2D eigenvalue weighted by atomic mass is 32.2. The smallest absolute Gasteiger partial charge is 0.258 e. The highest BCUT2D eigenvalue weighted by Crippen LogP contribution is 2.45. The molecule has 2 aliphatic rings. The van der Waals surface area contributed by atoms with E-state index in [4.69, 9.17) is 9.47 Å². The molecule has 5 heteroatoms. The lowest BCUT2D eigenvalue weighted by molar-refractivity contribution is -0.144. The summed E-state index contributed by atoms with van der Waals surface area (Å²) < 4.78 is 11.5. The molecular weight excluding hydrogens is 442 g/mol. The van der Waals surface area contributed by atoms with Crippen LogP contribution in [0.4, 0.5) is 5.69 Å². The third-order valence-electron chi connectivity index (χ3n) is 6.24. The van der Waals surface area contributed by atoms with E-state index in [0.717, 1.165) is 17.0 Å². The van der Waals surface area contributed by atoms with Crippen LogP contribution >= 0.6 is 11.8 Å². The molecule has 3 aromatic rings. The maximum absolute atomic E-state index is 13.3. The van der Waals surface area contributed by atoms with Crippen LogP contribution in [0.1, 0.15) is 11.1 Å². The van der Waals surface area contributed by atoms with Gasteiger partial charge in [-0.15, -0.1) is 0 Å². The van der Waals surface area contributed by atoms with Crippen molar-refractivity contribution in [2.75, 3.05) is 12.0 Å². The topological polar surface area (TPSA) is 38.8 Å². The van der Waals surface area contributed by atoms with E-state index >= 15 is 0 Å². The Hall–Kier alpha value is -3.28. The number of anilines is 1. The lowest BCUT2D eigenvalue weighted by Crippen LogP contribution is -2.68. The summed E-state index contributed by atoms with van der Waals surface area (Å²) in [5.41, 5.74) is 3.16. The van der Waals surface area contributed by atoms with Crippen molar-refractivity contribution >= 4 is 23.4 Å². The van der Waals surface area contributed by atoms with Gasteiger partial charge < -0.3 is 14.4 Å². The molecule has 1 aliphatic heterocycles. The first-order chi connectivity index (χ1) is 16.6. The van der Waals surface area contributed by atoms with E-state index < -0.39 is 6.10 Å². The molecule has 3 aromatic carbocycles. The van der Waals surface area contributed by atoms with Gasteiger partial charge >= 0.3 is 0 Å². The van der Waals surface area contributed by atoms with Crippen molar-refractivity contribution in [2.24, 2.45) is 5.92 Å². The molecule has 172 valence electrons.